The Morgan fingerprint density at radius 1 is 1.53 bits per heavy atom. The first-order valence-corrected chi connectivity index (χ1v) is 5.65. The van der Waals surface area contributed by atoms with Crippen molar-refractivity contribution >= 4 is 0 Å². The smallest absolute Gasteiger partial charge is 0.0538 e. The monoisotopic (exact) mass is 210 g/mol. The van der Waals surface area contributed by atoms with Crippen LogP contribution in [0.15, 0.2) is 12.4 Å². The lowest BCUT2D eigenvalue weighted by Gasteiger charge is -2.17. The Balaban J connectivity index is 2.65. The molecular weight excluding hydrogens is 188 g/mol. The molecule has 1 aromatic heterocycles. The van der Waals surface area contributed by atoms with Gasteiger partial charge in [0, 0.05) is 36.9 Å². The summed E-state index contributed by atoms with van der Waals surface area (Å²) in [7, 11) is 0. The van der Waals surface area contributed by atoms with Crippen LogP contribution in [0.1, 0.15) is 38.8 Å². The maximum absolute atomic E-state index is 5.74. The molecular formula is C11H22N4. The number of nitrogens with two attached hydrogens (primary N) is 1. The second kappa shape index (κ2) is 5.88. The zero-order valence-corrected chi connectivity index (χ0v) is 9.90. The van der Waals surface area contributed by atoms with E-state index in [0.29, 0.717) is 12.6 Å². The average Bonchev–Trinajstić information content (AvgIpc) is 2.63. The second-order valence-electron chi connectivity index (χ2n) is 4.15. The van der Waals surface area contributed by atoms with E-state index in [9.17, 15) is 0 Å². The van der Waals surface area contributed by atoms with Gasteiger partial charge in [-0.3, -0.25) is 4.68 Å². The first-order valence-electron chi connectivity index (χ1n) is 5.65. The van der Waals surface area contributed by atoms with Gasteiger partial charge >= 0.3 is 0 Å². The number of hydrogen-bond donors (Lipinski definition) is 2. The summed E-state index contributed by atoms with van der Waals surface area (Å²) in [4.78, 5) is 0. The summed E-state index contributed by atoms with van der Waals surface area (Å²) in [5.74, 6) is 0. The predicted octanol–water partition coefficient (Wildman–Crippen LogP) is 1.29. The third-order valence-corrected chi connectivity index (χ3v) is 2.28. The maximum Gasteiger partial charge on any atom is 0.0538 e. The highest BCUT2D eigenvalue weighted by Crippen LogP contribution is 2.11. The van der Waals surface area contributed by atoms with Crippen molar-refractivity contribution in [1.82, 2.24) is 15.1 Å². The van der Waals surface area contributed by atoms with E-state index in [2.05, 4.69) is 37.4 Å². The molecule has 1 heterocycles. The minimum atomic E-state index is 0.218. The lowest BCUT2D eigenvalue weighted by Crippen LogP contribution is -2.33. The molecule has 86 valence electrons. The van der Waals surface area contributed by atoms with E-state index in [1.807, 2.05) is 10.9 Å². The lowest BCUT2D eigenvalue weighted by atomic mass is 10.1. The second-order valence-corrected chi connectivity index (χ2v) is 4.15. The van der Waals surface area contributed by atoms with Gasteiger partial charge in [0.15, 0.2) is 0 Å². The van der Waals surface area contributed by atoms with Crippen LogP contribution in [0.2, 0.25) is 0 Å². The highest BCUT2D eigenvalue weighted by Gasteiger charge is 2.12. The summed E-state index contributed by atoms with van der Waals surface area (Å²) >= 11 is 0. The van der Waals surface area contributed by atoms with Crippen molar-refractivity contribution in [2.75, 3.05) is 6.54 Å². The van der Waals surface area contributed by atoms with Gasteiger partial charge in [-0.25, -0.2) is 0 Å². The van der Waals surface area contributed by atoms with Crippen LogP contribution in [0, 0.1) is 0 Å². The number of hydrogen-bond acceptors (Lipinski definition) is 3. The Kier molecular flexibility index (Phi) is 4.78. The van der Waals surface area contributed by atoms with Gasteiger partial charge in [-0.05, 0) is 6.42 Å². The topological polar surface area (TPSA) is 55.9 Å². The summed E-state index contributed by atoms with van der Waals surface area (Å²) < 4.78 is 1.97. The third kappa shape index (κ3) is 3.64. The first-order chi connectivity index (χ1) is 7.17. The predicted molar refractivity (Wildman–Crippen MR) is 62.6 cm³/mol. The summed E-state index contributed by atoms with van der Waals surface area (Å²) in [5, 5.41) is 7.73. The molecule has 1 aromatic rings. The summed E-state index contributed by atoms with van der Waals surface area (Å²) in [6.45, 7) is 7.97. The number of aryl methyl sites for hydroxylation is 1. The van der Waals surface area contributed by atoms with E-state index in [1.165, 1.54) is 5.56 Å². The molecule has 0 saturated heterocycles. The molecule has 0 radical (unpaired) electrons. The molecule has 0 bridgehead atoms. The molecule has 0 spiro atoms. The van der Waals surface area contributed by atoms with Crippen LogP contribution in [0.25, 0.3) is 0 Å². The van der Waals surface area contributed by atoms with Gasteiger partial charge in [-0.2, -0.15) is 5.10 Å². The maximum atomic E-state index is 5.74. The molecule has 1 atom stereocenters. The lowest BCUT2D eigenvalue weighted by molar-refractivity contribution is 0.483. The fraction of sp³-hybridized carbons (Fsp3) is 0.727. The number of aromatic nitrogens is 2. The van der Waals surface area contributed by atoms with Crippen LogP contribution in [-0.2, 0) is 6.54 Å². The zero-order valence-electron chi connectivity index (χ0n) is 9.90. The summed E-state index contributed by atoms with van der Waals surface area (Å²) in [6, 6.07) is 0.656. The Morgan fingerprint density at radius 3 is 2.80 bits per heavy atom. The van der Waals surface area contributed by atoms with Gasteiger partial charge in [0.25, 0.3) is 0 Å². The van der Waals surface area contributed by atoms with Gasteiger partial charge in [-0.15, -0.1) is 0 Å². The van der Waals surface area contributed by atoms with E-state index in [1.54, 1.807) is 0 Å². The van der Waals surface area contributed by atoms with Crippen LogP contribution in [0.5, 0.6) is 0 Å². The Labute approximate surface area is 91.8 Å². The van der Waals surface area contributed by atoms with E-state index >= 15 is 0 Å². The quantitative estimate of drug-likeness (QED) is 0.744. The van der Waals surface area contributed by atoms with Crippen molar-refractivity contribution in [3.05, 3.63) is 18.0 Å². The zero-order chi connectivity index (χ0) is 11.3. The molecule has 4 nitrogen and oxygen atoms in total. The molecule has 0 aliphatic heterocycles. The molecule has 0 aliphatic carbocycles. The molecule has 0 aromatic carbocycles. The van der Waals surface area contributed by atoms with Crippen molar-refractivity contribution in [3.63, 3.8) is 0 Å². The van der Waals surface area contributed by atoms with Gasteiger partial charge in [-0.1, -0.05) is 20.8 Å². The molecule has 1 rings (SSSR count). The molecule has 0 amide bonds. The standard InChI is InChI=1S/C11H22N4/c1-4-5-15-8-10(7-13-15)11(6-12)14-9(2)3/h7-9,11,14H,4-6,12H2,1-3H3. The van der Waals surface area contributed by atoms with E-state index in [-0.39, 0.29) is 6.04 Å². The third-order valence-electron chi connectivity index (χ3n) is 2.28. The fourth-order valence-corrected chi connectivity index (χ4v) is 1.61. The fourth-order valence-electron chi connectivity index (χ4n) is 1.61. The van der Waals surface area contributed by atoms with Crippen molar-refractivity contribution in [2.24, 2.45) is 5.73 Å². The van der Waals surface area contributed by atoms with Gasteiger partial charge < -0.3 is 11.1 Å². The first kappa shape index (κ1) is 12.2. The van der Waals surface area contributed by atoms with Crippen molar-refractivity contribution in [1.29, 1.82) is 0 Å². The number of rotatable bonds is 6. The highest BCUT2D eigenvalue weighted by molar-refractivity contribution is 5.11. The average molecular weight is 210 g/mol. The molecule has 4 heteroatoms. The normalized spacial score (nSPS) is 13.4. The number of nitrogens with one attached hydrogen (secondary N) is 1. The molecule has 0 fully saturated rings. The highest BCUT2D eigenvalue weighted by atomic mass is 15.3. The summed E-state index contributed by atoms with van der Waals surface area (Å²) in [6.07, 6.45) is 5.09. The van der Waals surface area contributed by atoms with Gasteiger partial charge in [0.2, 0.25) is 0 Å². The Hall–Kier alpha value is -0.870. The van der Waals surface area contributed by atoms with Crippen LogP contribution in [0.4, 0.5) is 0 Å². The van der Waals surface area contributed by atoms with Crippen LogP contribution < -0.4 is 11.1 Å². The van der Waals surface area contributed by atoms with Gasteiger partial charge in [0.1, 0.15) is 0 Å². The van der Waals surface area contributed by atoms with Crippen LogP contribution in [0.3, 0.4) is 0 Å². The van der Waals surface area contributed by atoms with Crippen LogP contribution in [-0.4, -0.2) is 22.4 Å². The van der Waals surface area contributed by atoms with E-state index in [4.69, 9.17) is 5.73 Å². The molecule has 15 heavy (non-hydrogen) atoms. The Morgan fingerprint density at radius 2 is 2.27 bits per heavy atom. The van der Waals surface area contributed by atoms with Crippen molar-refractivity contribution in [3.8, 4) is 0 Å². The minimum Gasteiger partial charge on any atom is -0.329 e. The van der Waals surface area contributed by atoms with E-state index in [0.717, 1.165) is 13.0 Å². The SMILES string of the molecule is CCCn1cc(C(CN)NC(C)C)cn1. The van der Waals surface area contributed by atoms with Crippen molar-refractivity contribution in [2.45, 2.75) is 45.8 Å². The molecule has 1 unspecified atom stereocenters. The largest absolute Gasteiger partial charge is 0.329 e. The number of nitrogens with zero attached hydrogens (tertiary/aromatic N) is 2. The van der Waals surface area contributed by atoms with Crippen LogP contribution >= 0.6 is 0 Å². The Bertz CT molecular complexity index is 280. The van der Waals surface area contributed by atoms with E-state index < -0.39 is 0 Å². The molecule has 0 aliphatic rings. The summed E-state index contributed by atoms with van der Waals surface area (Å²) in [5.41, 5.74) is 6.92. The minimum absolute atomic E-state index is 0.218. The van der Waals surface area contributed by atoms with Gasteiger partial charge in [0.05, 0.1) is 6.20 Å². The molecule has 0 saturated carbocycles. The molecule has 3 N–H and O–H groups in total. The van der Waals surface area contributed by atoms with Crippen molar-refractivity contribution < 1.29 is 0 Å².